The standard InChI is InChI=1S/C13H21N3O3S/c1-10(12-14-8-9-20-12)16-13(19)15-7-5-3-2-4-6-11(17)18/h8-10H,2-7H2,1H3,(H,17,18)(H2,15,16,19). The minimum Gasteiger partial charge on any atom is -0.481 e. The Morgan fingerprint density at radius 2 is 2.10 bits per heavy atom. The summed E-state index contributed by atoms with van der Waals surface area (Å²) in [5.41, 5.74) is 0. The number of carboxylic acids is 1. The third-order valence-electron chi connectivity index (χ3n) is 2.77. The Morgan fingerprint density at radius 1 is 1.35 bits per heavy atom. The van der Waals surface area contributed by atoms with Crippen LogP contribution in [0.4, 0.5) is 4.79 Å². The number of hydrogen-bond donors (Lipinski definition) is 3. The first-order valence-corrected chi connectivity index (χ1v) is 7.63. The van der Waals surface area contributed by atoms with Crippen LogP contribution >= 0.6 is 11.3 Å². The molecule has 0 aromatic carbocycles. The number of nitrogens with one attached hydrogen (secondary N) is 2. The number of thiazole rings is 1. The van der Waals surface area contributed by atoms with Gasteiger partial charge in [-0.05, 0) is 19.8 Å². The third kappa shape index (κ3) is 7.08. The molecular formula is C13H21N3O3S. The number of nitrogens with zero attached hydrogens (tertiary/aromatic N) is 1. The van der Waals surface area contributed by atoms with Gasteiger partial charge in [0.05, 0.1) is 6.04 Å². The normalized spacial score (nSPS) is 11.8. The molecule has 1 atom stereocenters. The van der Waals surface area contributed by atoms with Gasteiger partial charge in [0.15, 0.2) is 0 Å². The van der Waals surface area contributed by atoms with E-state index in [0.29, 0.717) is 13.0 Å². The Labute approximate surface area is 122 Å². The van der Waals surface area contributed by atoms with Crippen molar-refractivity contribution in [2.45, 2.75) is 45.1 Å². The van der Waals surface area contributed by atoms with E-state index >= 15 is 0 Å². The van der Waals surface area contributed by atoms with Gasteiger partial charge in [-0.3, -0.25) is 4.79 Å². The molecule has 0 aliphatic rings. The smallest absolute Gasteiger partial charge is 0.315 e. The highest BCUT2D eigenvalue weighted by atomic mass is 32.1. The van der Waals surface area contributed by atoms with Crippen LogP contribution in [0.3, 0.4) is 0 Å². The second-order valence-electron chi connectivity index (χ2n) is 4.55. The molecule has 1 heterocycles. The van der Waals surface area contributed by atoms with E-state index in [1.807, 2.05) is 12.3 Å². The second-order valence-corrected chi connectivity index (χ2v) is 5.48. The van der Waals surface area contributed by atoms with E-state index < -0.39 is 5.97 Å². The number of aliphatic carboxylic acids is 1. The van der Waals surface area contributed by atoms with Gasteiger partial charge in [-0.25, -0.2) is 9.78 Å². The maximum Gasteiger partial charge on any atom is 0.315 e. The first-order valence-electron chi connectivity index (χ1n) is 6.75. The monoisotopic (exact) mass is 299 g/mol. The maximum absolute atomic E-state index is 11.6. The Bertz CT molecular complexity index is 409. The van der Waals surface area contributed by atoms with Crippen molar-refractivity contribution in [3.8, 4) is 0 Å². The Kier molecular flexibility index (Phi) is 7.64. The highest BCUT2D eigenvalue weighted by Gasteiger charge is 2.10. The van der Waals surface area contributed by atoms with Crippen LogP contribution in [-0.2, 0) is 4.79 Å². The van der Waals surface area contributed by atoms with Crippen molar-refractivity contribution in [1.29, 1.82) is 0 Å². The maximum atomic E-state index is 11.6. The molecule has 1 aromatic rings. The summed E-state index contributed by atoms with van der Waals surface area (Å²) in [6.07, 6.45) is 5.30. The lowest BCUT2D eigenvalue weighted by Gasteiger charge is -2.12. The fourth-order valence-corrected chi connectivity index (χ4v) is 2.36. The average Bonchev–Trinajstić information content (AvgIpc) is 2.91. The molecule has 7 heteroatoms. The number of carbonyl (C=O) groups is 2. The molecule has 2 amide bonds. The van der Waals surface area contributed by atoms with Crippen molar-refractivity contribution < 1.29 is 14.7 Å². The summed E-state index contributed by atoms with van der Waals surface area (Å²) in [6.45, 7) is 2.49. The molecule has 6 nitrogen and oxygen atoms in total. The predicted octanol–water partition coefficient (Wildman–Crippen LogP) is 2.54. The van der Waals surface area contributed by atoms with E-state index in [9.17, 15) is 9.59 Å². The van der Waals surface area contributed by atoms with Crippen LogP contribution in [0.25, 0.3) is 0 Å². The van der Waals surface area contributed by atoms with Gasteiger partial charge < -0.3 is 15.7 Å². The average molecular weight is 299 g/mol. The first-order chi connectivity index (χ1) is 9.59. The number of amides is 2. The Morgan fingerprint density at radius 3 is 2.75 bits per heavy atom. The minimum absolute atomic E-state index is 0.0921. The number of urea groups is 1. The fraction of sp³-hybridized carbons (Fsp3) is 0.615. The molecule has 0 saturated heterocycles. The largest absolute Gasteiger partial charge is 0.481 e. The van der Waals surface area contributed by atoms with E-state index in [-0.39, 0.29) is 18.5 Å². The van der Waals surface area contributed by atoms with Crippen LogP contribution in [0, 0.1) is 0 Å². The summed E-state index contributed by atoms with van der Waals surface area (Å²) in [5, 5.41) is 16.8. The zero-order chi connectivity index (χ0) is 14.8. The van der Waals surface area contributed by atoms with Crippen molar-refractivity contribution in [2.75, 3.05) is 6.54 Å². The zero-order valence-electron chi connectivity index (χ0n) is 11.6. The highest BCUT2D eigenvalue weighted by Crippen LogP contribution is 2.14. The molecule has 1 aromatic heterocycles. The molecule has 0 fully saturated rings. The molecule has 0 aliphatic carbocycles. The molecule has 0 bridgehead atoms. The van der Waals surface area contributed by atoms with Crippen molar-refractivity contribution in [2.24, 2.45) is 0 Å². The number of carboxylic acid groups (broad SMARTS) is 1. The fourth-order valence-electron chi connectivity index (χ4n) is 1.71. The highest BCUT2D eigenvalue weighted by molar-refractivity contribution is 7.09. The molecule has 0 spiro atoms. The Hall–Kier alpha value is -1.63. The second kappa shape index (κ2) is 9.30. The number of unbranched alkanes of at least 4 members (excludes halogenated alkanes) is 3. The first kappa shape index (κ1) is 16.4. The van der Waals surface area contributed by atoms with Crippen molar-refractivity contribution >= 4 is 23.3 Å². The van der Waals surface area contributed by atoms with Gasteiger partial charge >= 0.3 is 12.0 Å². The quantitative estimate of drug-likeness (QED) is 0.611. The van der Waals surface area contributed by atoms with Gasteiger partial charge in [0.2, 0.25) is 0 Å². The molecule has 0 saturated carbocycles. The van der Waals surface area contributed by atoms with Crippen LogP contribution in [0.15, 0.2) is 11.6 Å². The zero-order valence-corrected chi connectivity index (χ0v) is 12.4. The molecule has 20 heavy (non-hydrogen) atoms. The third-order valence-corrected chi connectivity index (χ3v) is 3.73. The lowest BCUT2D eigenvalue weighted by molar-refractivity contribution is -0.137. The van der Waals surface area contributed by atoms with Gasteiger partial charge in [-0.15, -0.1) is 11.3 Å². The minimum atomic E-state index is -0.751. The molecule has 0 aliphatic heterocycles. The van der Waals surface area contributed by atoms with Crippen molar-refractivity contribution in [3.05, 3.63) is 16.6 Å². The topological polar surface area (TPSA) is 91.3 Å². The summed E-state index contributed by atoms with van der Waals surface area (Å²) in [5.74, 6) is -0.751. The van der Waals surface area contributed by atoms with Crippen LogP contribution in [0.2, 0.25) is 0 Å². The summed E-state index contributed by atoms with van der Waals surface area (Å²) in [7, 11) is 0. The van der Waals surface area contributed by atoms with Crippen LogP contribution < -0.4 is 10.6 Å². The van der Waals surface area contributed by atoms with Crippen LogP contribution in [0.1, 0.15) is 50.1 Å². The van der Waals surface area contributed by atoms with E-state index in [0.717, 1.165) is 24.3 Å². The molecule has 1 rings (SSSR count). The van der Waals surface area contributed by atoms with E-state index in [1.54, 1.807) is 6.20 Å². The van der Waals surface area contributed by atoms with E-state index in [1.165, 1.54) is 11.3 Å². The Balaban J connectivity index is 2.02. The number of hydrogen-bond acceptors (Lipinski definition) is 4. The summed E-state index contributed by atoms with van der Waals surface area (Å²) in [4.78, 5) is 26.1. The lowest BCUT2D eigenvalue weighted by atomic mass is 10.1. The van der Waals surface area contributed by atoms with Crippen molar-refractivity contribution in [3.63, 3.8) is 0 Å². The summed E-state index contributed by atoms with van der Waals surface area (Å²) in [6, 6.07) is -0.288. The molecule has 112 valence electrons. The summed E-state index contributed by atoms with van der Waals surface area (Å²) < 4.78 is 0. The molecular weight excluding hydrogens is 278 g/mol. The van der Waals surface area contributed by atoms with E-state index in [2.05, 4.69) is 15.6 Å². The van der Waals surface area contributed by atoms with Gasteiger partial charge in [0.1, 0.15) is 5.01 Å². The molecule has 1 unspecified atom stereocenters. The van der Waals surface area contributed by atoms with Gasteiger partial charge in [0, 0.05) is 24.5 Å². The lowest BCUT2D eigenvalue weighted by Crippen LogP contribution is -2.37. The number of aromatic nitrogens is 1. The molecule has 0 radical (unpaired) electrons. The van der Waals surface area contributed by atoms with Crippen LogP contribution in [0.5, 0.6) is 0 Å². The number of carbonyl (C=O) groups excluding carboxylic acids is 1. The van der Waals surface area contributed by atoms with Gasteiger partial charge in [-0.2, -0.15) is 0 Å². The van der Waals surface area contributed by atoms with Gasteiger partial charge in [-0.1, -0.05) is 12.8 Å². The SMILES string of the molecule is CC(NC(=O)NCCCCCCC(=O)O)c1nccs1. The van der Waals surface area contributed by atoms with Crippen LogP contribution in [-0.4, -0.2) is 28.6 Å². The summed E-state index contributed by atoms with van der Waals surface area (Å²) >= 11 is 1.51. The number of rotatable bonds is 9. The van der Waals surface area contributed by atoms with E-state index in [4.69, 9.17) is 5.11 Å². The molecule has 3 N–H and O–H groups in total. The van der Waals surface area contributed by atoms with Crippen molar-refractivity contribution in [1.82, 2.24) is 15.6 Å². The van der Waals surface area contributed by atoms with Gasteiger partial charge in [0.25, 0.3) is 0 Å². The predicted molar refractivity (Wildman–Crippen MR) is 77.8 cm³/mol.